The van der Waals surface area contributed by atoms with Crippen LogP contribution in [0.4, 0.5) is 0 Å². The van der Waals surface area contributed by atoms with Gasteiger partial charge in [0, 0.05) is 17.0 Å². The molecule has 2 aliphatic carbocycles. The second-order valence-corrected chi connectivity index (χ2v) is 41.4. The Labute approximate surface area is 806 Å². The Bertz CT molecular complexity index is 5270. The van der Waals surface area contributed by atoms with Crippen LogP contribution in [0.15, 0.2) is 220 Å². The summed E-state index contributed by atoms with van der Waals surface area (Å²) < 4.78 is 31.5. The van der Waals surface area contributed by atoms with Crippen LogP contribution >= 0.6 is 70.4 Å². The molecule has 2 fully saturated rings. The summed E-state index contributed by atoms with van der Waals surface area (Å²) in [4.78, 5) is 0. The molecule has 11 aromatic rings. The summed E-state index contributed by atoms with van der Waals surface area (Å²) in [6.45, 7) is 45.1. The molecule has 0 spiro atoms. The summed E-state index contributed by atoms with van der Waals surface area (Å²) in [6.07, 6.45) is 29.5. The molecule has 0 saturated carbocycles. The van der Waals surface area contributed by atoms with Gasteiger partial charge in [-0.25, -0.2) is 0 Å². The first kappa shape index (κ1) is 100. The van der Waals surface area contributed by atoms with Crippen molar-refractivity contribution in [1.82, 2.24) is 0 Å². The van der Waals surface area contributed by atoms with Crippen LogP contribution in [0.1, 0.15) is 307 Å². The molecule has 0 radical (unpaired) electrons. The normalized spacial score (nSPS) is 15.1. The molecule has 2 aliphatic heterocycles. The number of unbranched alkanes of at least 4 members (excludes halogenated alkanes) is 12. The molecule has 2 heterocycles. The lowest BCUT2D eigenvalue weighted by Crippen LogP contribution is -2.41. The molecule has 11 aromatic carbocycles. The maximum atomic E-state index is 6.68. The Kier molecular flexibility index (Phi) is 35.3. The van der Waals surface area contributed by atoms with E-state index >= 15 is 0 Å². The number of hydrogen-bond acceptors (Lipinski definition) is 4. The van der Waals surface area contributed by atoms with Crippen LogP contribution < -0.4 is 10.9 Å². The topological polar surface area (TPSA) is 36.9 Å². The van der Waals surface area contributed by atoms with Crippen LogP contribution in [-0.2, 0) is 55.1 Å². The highest BCUT2D eigenvalue weighted by atomic mass is 127. The van der Waals surface area contributed by atoms with Gasteiger partial charge in [0.1, 0.15) is 0 Å². The van der Waals surface area contributed by atoms with Gasteiger partial charge >= 0.3 is 14.2 Å². The van der Waals surface area contributed by atoms with Crippen LogP contribution in [0.3, 0.4) is 0 Å². The van der Waals surface area contributed by atoms with Gasteiger partial charge in [0.05, 0.1) is 33.2 Å². The van der Waals surface area contributed by atoms with E-state index in [2.05, 4.69) is 419 Å². The molecule has 0 N–H and O–H groups in total. The van der Waals surface area contributed by atoms with E-state index in [0.29, 0.717) is 0 Å². The number of rotatable bonds is 28. The molecular formula is C117H138B2Br3IO4. The fourth-order valence-corrected chi connectivity index (χ4v) is 21.6. The Morgan fingerprint density at radius 1 is 0.323 bits per heavy atom. The van der Waals surface area contributed by atoms with Crippen molar-refractivity contribution >= 4 is 95.5 Å². The van der Waals surface area contributed by atoms with Crippen molar-refractivity contribution in [3.05, 3.63) is 323 Å². The van der Waals surface area contributed by atoms with Gasteiger partial charge in [-0.1, -0.05) is 330 Å². The Balaban J connectivity index is 0.000000208. The molecule has 664 valence electrons. The average molecular weight is 2000 g/mol. The number of terminal acetylenes is 1. The minimum Gasteiger partial charge on any atom is -0.399 e. The average Bonchev–Trinajstić information content (AvgIpc) is 1.54. The molecule has 0 bridgehead atoms. The van der Waals surface area contributed by atoms with Crippen molar-refractivity contribution in [1.29, 1.82) is 0 Å². The molecule has 0 unspecified atom stereocenters. The fraction of sp³-hybridized carbons (Fsp3) is 0.402. The zero-order valence-corrected chi connectivity index (χ0v) is 87.1. The predicted molar refractivity (Wildman–Crippen MR) is 565 cm³/mol. The molecule has 15 rings (SSSR count). The first-order chi connectivity index (χ1) is 60.8. The molecule has 0 atom stereocenters. The standard InChI is InChI=1S/C53H56Br2.C49H64B2O4.C8H8BrI.C5H4.C2H6/c1-7-9-11-13-15-39-17-23-43(24-18-39)53(44-25-19-40(20-26-44)16-14-12-10-8-2)49-33-41(51-35(3)29-45(54)30-36(51)4)21-27-47(49)48-28-22-42(34-50(48)53)52-37(5)31-46(55)32-38(52)6;1-11-13-15-17-19-35-21-25-37(26-22-35)49(38-27-23-36(24-28-38)20-18-16-14-12-2)43-33-39(50-52-45(3,4)46(5,6)53-50)29-31-41(43)42-32-30-40(34-44(42)49)51-54-47(7,8)48(9,10)55-51;1-5-3-7(9)4-6(2)8(5)10;1-3-5-4-2;1-2/h17-34H,7-16H2,1-6H3;21-34H,11-20H2,1-10H3;3-4H,1-2H3;1H,2H3;1-2H3. The smallest absolute Gasteiger partial charge is 0.399 e. The summed E-state index contributed by atoms with van der Waals surface area (Å²) in [5.41, 5.74) is 33.5. The Morgan fingerprint density at radius 2 is 0.567 bits per heavy atom. The maximum absolute atomic E-state index is 6.68. The third-order valence-electron chi connectivity index (χ3n) is 27.4. The van der Waals surface area contributed by atoms with E-state index in [4.69, 9.17) is 25.0 Å². The van der Waals surface area contributed by atoms with Gasteiger partial charge in [-0.15, -0.1) is 6.42 Å². The van der Waals surface area contributed by atoms with E-state index in [9.17, 15) is 0 Å². The van der Waals surface area contributed by atoms with Gasteiger partial charge in [-0.2, -0.15) is 0 Å². The minimum atomic E-state index is -0.592. The largest absolute Gasteiger partial charge is 0.494 e. The molecule has 10 heteroatoms. The van der Waals surface area contributed by atoms with Crippen LogP contribution in [0, 0.1) is 69.3 Å². The van der Waals surface area contributed by atoms with E-state index in [0.717, 1.165) is 45.6 Å². The van der Waals surface area contributed by atoms with E-state index < -0.39 is 47.5 Å². The zero-order chi connectivity index (χ0) is 91.8. The van der Waals surface area contributed by atoms with Gasteiger partial charge in [-0.05, 0) is 394 Å². The highest BCUT2D eigenvalue weighted by Gasteiger charge is 2.56. The molecule has 0 amide bonds. The number of halogens is 4. The Morgan fingerprint density at radius 3 is 0.803 bits per heavy atom. The molecule has 0 aromatic heterocycles. The van der Waals surface area contributed by atoms with Gasteiger partial charge in [-0.3, -0.25) is 0 Å². The monoisotopic (exact) mass is 1990 g/mol. The first-order valence-electron chi connectivity index (χ1n) is 47.3. The summed E-state index contributed by atoms with van der Waals surface area (Å²) in [6, 6.07) is 80.3. The second-order valence-electron chi connectivity index (χ2n) is 37.5. The second kappa shape index (κ2) is 44.7. The summed E-state index contributed by atoms with van der Waals surface area (Å²) in [7, 11) is -0.930. The first-order valence-corrected chi connectivity index (χ1v) is 50.8. The van der Waals surface area contributed by atoms with Crippen LogP contribution in [-0.4, -0.2) is 36.6 Å². The molecule has 127 heavy (non-hydrogen) atoms. The number of hydrogen-bond donors (Lipinski definition) is 0. The van der Waals surface area contributed by atoms with Crippen LogP contribution in [0.25, 0.3) is 44.5 Å². The molecule has 4 nitrogen and oxygen atoms in total. The van der Waals surface area contributed by atoms with Gasteiger partial charge in [0.25, 0.3) is 0 Å². The third kappa shape index (κ3) is 22.4. The van der Waals surface area contributed by atoms with E-state index in [-0.39, 0.29) is 0 Å². The van der Waals surface area contributed by atoms with E-state index in [1.807, 2.05) is 13.8 Å². The van der Waals surface area contributed by atoms with E-state index in [1.165, 1.54) is 255 Å². The Hall–Kier alpha value is -7.32. The fourth-order valence-electron chi connectivity index (χ4n) is 19.2. The van der Waals surface area contributed by atoms with Crippen molar-refractivity contribution in [3.63, 3.8) is 0 Å². The van der Waals surface area contributed by atoms with Crippen molar-refractivity contribution in [3.8, 4) is 68.7 Å². The number of benzene rings is 11. The number of fused-ring (bicyclic) bond motifs is 6. The highest BCUT2D eigenvalue weighted by Crippen LogP contribution is 2.60. The van der Waals surface area contributed by atoms with Gasteiger partial charge in [0.2, 0.25) is 0 Å². The quantitative estimate of drug-likeness (QED) is 0.0212. The molecular weight excluding hydrogens is 1860 g/mol. The van der Waals surface area contributed by atoms with Gasteiger partial charge in [0.15, 0.2) is 0 Å². The lowest BCUT2D eigenvalue weighted by Gasteiger charge is -2.35. The predicted octanol–water partition coefficient (Wildman–Crippen LogP) is 32.6. The van der Waals surface area contributed by atoms with Gasteiger partial charge < -0.3 is 18.6 Å². The third-order valence-corrected chi connectivity index (χ3v) is 30.4. The summed E-state index contributed by atoms with van der Waals surface area (Å²) in [5, 5.41) is 0. The zero-order valence-electron chi connectivity index (χ0n) is 80.1. The summed E-state index contributed by atoms with van der Waals surface area (Å²) >= 11 is 13.3. The lowest BCUT2D eigenvalue weighted by molar-refractivity contribution is 0.00578. The molecule has 2 saturated heterocycles. The van der Waals surface area contributed by atoms with Crippen molar-refractivity contribution in [2.45, 2.75) is 307 Å². The SMILES string of the molecule is C#CC#CC.CC.CCCCCCc1ccc(C2(c3ccc(CCCCCC)cc3)c3cc(-c4c(C)cc(Br)cc4C)ccc3-c3ccc(-c4c(C)cc(Br)cc4C)cc32)cc1.CCCCCCc1ccc(C2(c3ccc(CCCCCC)cc3)c3cc(B4OC(C)(C)C(C)(C)O4)ccc3-c3ccc(B4OC(C)(C)C(C)(C)O4)cc32)cc1.Cc1cc(Br)cc(C)c1I. The van der Waals surface area contributed by atoms with E-state index in [1.54, 1.807) is 6.92 Å². The van der Waals surface area contributed by atoms with Crippen molar-refractivity contribution in [2.24, 2.45) is 0 Å². The summed E-state index contributed by atoms with van der Waals surface area (Å²) in [5.74, 6) is 7.08. The van der Waals surface area contributed by atoms with Crippen LogP contribution in [0.5, 0.6) is 0 Å². The highest BCUT2D eigenvalue weighted by molar-refractivity contribution is 14.1. The van der Waals surface area contributed by atoms with Crippen molar-refractivity contribution in [2.75, 3.05) is 0 Å². The van der Waals surface area contributed by atoms with Crippen molar-refractivity contribution < 1.29 is 18.6 Å². The molecule has 4 aliphatic rings. The minimum absolute atomic E-state index is 0.436. The lowest BCUT2D eigenvalue weighted by atomic mass is 9.65. The van der Waals surface area contributed by atoms with Crippen LogP contribution in [0.2, 0.25) is 0 Å². The number of aryl methyl sites for hydroxylation is 10. The maximum Gasteiger partial charge on any atom is 0.494 e.